The lowest BCUT2D eigenvalue weighted by molar-refractivity contribution is 0.324. The maximum atomic E-state index is 13.1. The van der Waals surface area contributed by atoms with E-state index in [-0.39, 0.29) is 11.5 Å². The van der Waals surface area contributed by atoms with Crippen molar-refractivity contribution < 1.29 is 14.2 Å². The van der Waals surface area contributed by atoms with E-state index in [1.165, 1.54) is 0 Å². The van der Waals surface area contributed by atoms with Crippen molar-refractivity contribution in [2.24, 2.45) is 0 Å². The van der Waals surface area contributed by atoms with Crippen LogP contribution in [0.25, 0.3) is 11.1 Å². The van der Waals surface area contributed by atoms with Gasteiger partial charge in [-0.15, -0.1) is 0 Å². The molecule has 7 nitrogen and oxygen atoms in total. The molecule has 7 heteroatoms. The summed E-state index contributed by atoms with van der Waals surface area (Å²) in [6.07, 6.45) is 1.67. The lowest BCUT2D eigenvalue weighted by Crippen LogP contribution is -2.22. The number of likely N-dealkylation sites (N-methyl/N-ethyl adjacent to an activating group) is 1. The van der Waals surface area contributed by atoms with Crippen LogP contribution in [0, 0.1) is 0 Å². The molecule has 2 aromatic rings. The van der Waals surface area contributed by atoms with E-state index in [0.29, 0.717) is 29.5 Å². The summed E-state index contributed by atoms with van der Waals surface area (Å²) in [5.74, 6) is 1.81. The molecule has 0 radical (unpaired) electrons. The van der Waals surface area contributed by atoms with Crippen LogP contribution >= 0.6 is 0 Å². The van der Waals surface area contributed by atoms with Crippen molar-refractivity contribution in [2.75, 3.05) is 60.9 Å². The molecule has 31 heavy (non-hydrogen) atoms. The first kappa shape index (κ1) is 22.9. The highest BCUT2D eigenvalue weighted by atomic mass is 16.5. The number of fused-ring (bicyclic) bond motifs is 3. The Bertz CT molecular complexity index is 991. The van der Waals surface area contributed by atoms with Crippen molar-refractivity contribution in [3.63, 3.8) is 0 Å². The smallest absolute Gasteiger partial charge is 0.203 e. The Morgan fingerprint density at radius 3 is 2.42 bits per heavy atom. The molecule has 0 heterocycles. The molecule has 168 valence electrons. The predicted molar refractivity (Wildman–Crippen MR) is 125 cm³/mol. The summed E-state index contributed by atoms with van der Waals surface area (Å²) in [6, 6.07) is 7.69. The third-order valence-electron chi connectivity index (χ3n) is 5.76. The van der Waals surface area contributed by atoms with Gasteiger partial charge in [-0.1, -0.05) is 6.07 Å². The summed E-state index contributed by atoms with van der Waals surface area (Å²) in [7, 11) is 10.8. The van der Waals surface area contributed by atoms with Crippen LogP contribution in [0.2, 0.25) is 0 Å². The normalized spacial score (nSPS) is 15.0. The molecule has 0 bridgehead atoms. The van der Waals surface area contributed by atoms with Crippen LogP contribution in [0.5, 0.6) is 17.2 Å². The number of aryl methyl sites for hydroxylation is 1. The van der Waals surface area contributed by atoms with E-state index in [0.717, 1.165) is 41.6 Å². The third kappa shape index (κ3) is 4.62. The van der Waals surface area contributed by atoms with Crippen LogP contribution in [-0.4, -0.2) is 60.5 Å². The van der Waals surface area contributed by atoms with Gasteiger partial charge in [0, 0.05) is 24.7 Å². The van der Waals surface area contributed by atoms with Gasteiger partial charge in [-0.3, -0.25) is 4.79 Å². The Morgan fingerprint density at radius 1 is 1.06 bits per heavy atom. The second kappa shape index (κ2) is 10.0. The topological polar surface area (TPSA) is 72.1 Å². The fourth-order valence-electron chi connectivity index (χ4n) is 4.17. The summed E-state index contributed by atoms with van der Waals surface area (Å²) >= 11 is 0. The van der Waals surface area contributed by atoms with E-state index >= 15 is 0 Å². The zero-order valence-corrected chi connectivity index (χ0v) is 19.3. The summed E-state index contributed by atoms with van der Waals surface area (Å²) < 4.78 is 17.0. The zero-order valence-electron chi connectivity index (χ0n) is 19.3. The van der Waals surface area contributed by atoms with Gasteiger partial charge >= 0.3 is 0 Å². The molecule has 3 rings (SSSR count). The van der Waals surface area contributed by atoms with Gasteiger partial charge < -0.3 is 29.7 Å². The molecule has 0 aromatic heterocycles. The Balaban J connectivity index is 2.25. The van der Waals surface area contributed by atoms with Gasteiger partial charge in [0.25, 0.3) is 0 Å². The Morgan fingerprint density at radius 2 is 1.81 bits per heavy atom. The number of nitrogens with one attached hydrogen (secondary N) is 2. The van der Waals surface area contributed by atoms with Crippen LogP contribution in [0.1, 0.15) is 23.6 Å². The second-order valence-corrected chi connectivity index (χ2v) is 7.91. The lowest BCUT2D eigenvalue weighted by Gasteiger charge is -2.19. The standard InChI is InChI=1S/C24H33N3O4/c1-25-18-9-7-15-13-21(29-4)23(30-5)24(31-6)22(15)16-8-10-19(20(28)14-17(16)18)26-11-12-27(2)3/h8,10,13-14,18,25H,7,9,11-12H2,1-6H3,(H,26,28). The third-order valence-corrected chi connectivity index (χ3v) is 5.76. The van der Waals surface area contributed by atoms with Crippen molar-refractivity contribution in [3.05, 3.63) is 45.6 Å². The quantitative estimate of drug-likeness (QED) is 0.671. The summed E-state index contributed by atoms with van der Waals surface area (Å²) in [4.78, 5) is 15.1. The fourth-order valence-corrected chi connectivity index (χ4v) is 4.17. The van der Waals surface area contributed by atoms with Gasteiger partial charge in [0.05, 0.1) is 27.0 Å². The van der Waals surface area contributed by atoms with Gasteiger partial charge in [0.15, 0.2) is 11.5 Å². The number of methoxy groups -OCH3 is 3. The van der Waals surface area contributed by atoms with E-state index in [9.17, 15) is 4.79 Å². The summed E-state index contributed by atoms with van der Waals surface area (Å²) in [6.45, 7) is 1.53. The molecular weight excluding hydrogens is 394 g/mol. The Kier molecular flexibility index (Phi) is 7.41. The number of ether oxygens (including phenoxy) is 3. The first-order chi connectivity index (χ1) is 14.9. The number of hydrogen-bond acceptors (Lipinski definition) is 7. The van der Waals surface area contributed by atoms with E-state index in [1.54, 1.807) is 27.4 Å². The zero-order chi connectivity index (χ0) is 22.5. The molecule has 1 aliphatic rings. The van der Waals surface area contributed by atoms with Gasteiger partial charge in [0.2, 0.25) is 11.2 Å². The van der Waals surface area contributed by atoms with Gasteiger partial charge in [0.1, 0.15) is 0 Å². The minimum Gasteiger partial charge on any atom is -0.493 e. The number of benzene rings is 1. The van der Waals surface area contributed by atoms with Gasteiger partial charge in [-0.2, -0.15) is 0 Å². The van der Waals surface area contributed by atoms with E-state index in [1.807, 2.05) is 39.3 Å². The minimum absolute atomic E-state index is 0.0249. The highest BCUT2D eigenvalue weighted by Crippen LogP contribution is 2.50. The van der Waals surface area contributed by atoms with Crippen LogP contribution in [0.15, 0.2) is 29.1 Å². The van der Waals surface area contributed by atoms with Crippen molar-refractivity contribution in [1.82, 2.24) is 10.2 Å². The second-order valence-electron chi connectivity index (χ2n) is 7.91. The first-order valence-electron chi connectivity index (χ1n) is 10.5. The van der Waals surface area contributed by atoms with E-state index in [2.05, 4.69) is 15.5 Å². The SMILES string of the molecule is CNC1CCc2cc(OC)c(OC)c(OC)c2-c2ccc(NCCN(C)C)c(=O)cc21. The minimum atomic E-state index is -0.0249. The van der Waals surface area contributed by atoms with Crippen LogP contribution in [0.4, 0.5) is 5.69 Å². The van der Waals surface area contributed by atoms with Gasteiger partial charge in [-0.25, -0.2) is 0 Å². The molecule has 0 saturated heterocycles. The van der Waals surface area contributed by atoms with Crippen molar-refractivity contribution in [1.29, 1.82) is 0 Å². The van der Waals surface area contributed by atoms with Crippen molar-refractivity contribution in [3.8, 4) is 28.4 Å². The lowest BCUT2D eigenvalue weighted by atomic mass is 9.95. The monoisotopic (exact) mass is 427 g/mol. The maximum absolute atomic E-state index is 13.1. The van der Waals surface area contributed by atoms with Crippen molar-refractivity contribution in [2.45, 2.75) is 18.9 Å². The highest BCUT2D eigenvalue weighted by Gasteiger charge is 2.28. The molecule has 0 fully saturated rings. The molecule has 0 aliphatic heterocycles. The molecule has 2 N–H and O–H groups in total. The molecular formula is C24H33N3O4. The summed E-state index contributed by atoms with van der Waals surface area (Å²) in [5, 5.41) is 6.66. The number of hydrogen-bond donors (Lipinski definition) is 2. The maximum Gasteiger partial charge on any atom is 0.203 e. The Hall–Kier alpha value is -2.77. The number of nitrogens with zero attached hydrogens (tertiary/aromatic N) is 1. The predicted octanol–water partition coefficient (Wildman–Crippen LogP) is 2.92. The van der Waals surface area contributed by atoms with Crippen LogP contribution in [0.3, 0.4) is 0 Å². The molecule has 1 atom stereocenters. The van der Waals surface area contributed by atoms with E-state index in [4.69, 9.17) is 14.2 Å². The van der Waals surface area contributed by atoms with Crippen LogP contribution in [-0.2, 0) is 6.42 Å². The molecule has 0 spiro atoms. The van der Waals surface area contributed by atoms with E-state index < -0.39 is 0 Å². The summed E-state index contributed by atoms with van der Waals surface area (Å²) in [5.41, 5.74) is 4.53. The van der Waals surface area contributed by atoms with Gasteiger partial charge in [-0.05, 0) is 68.9 Å². The highest BCUT2D eigenvalue weighted by molar-refractivity contribution is 5.83. The molecule has 1 aliphatic carbocycles. The van der Waals surface area contributed by atoms with Crippen molar-refractivity contribution >= 4 is 5.69 Å². The molecule has 0 saturated carbocycles. The molecule has 1 unspecified atom stereocenters. The Labute approximate surface area is 184 Å². The van der Waals surface area contributed by atoms with Crippen LogP contribution < -0.4 is 30.3 Å². The molecule has 2 aromatic carbocycles. The largest absolute Gasteiger partial charge is 0.493 e. The average Bonchev–Trinajstić information content (AvgIpc) is 3.00. The molecule has 0 amide bonds. The first-order valence-corrected chi connectivity index (χ1v) is 10.5. The number of anilines is 1. The fraction of sp³-hybridized carbons (Fsp3) is 0.458. The number of rotatable bonds is 8. The average molecular weight is 428 g/mol.